The Bertz CT molecular complexity index is 372. The molecule has 0 unspecified atom stereocenters. The molecule has 0 radical (unpaired) electrons. The molecule has 0 aliphatic rings. The Morgan fingerprint density at radius 3 is 2.29 bits per heavy atom. The quantitative estimate of drug-likeness (QED) is 0.538. The van der Waals surface area contributed by atoms with Crippen molar-refractivity contribution < 1.29 is 4.79 Å². The number of alkyl halides is 3. The van der Waals surface area contributed by atoms with Crippen LogP contribution < -0.4 is 0 Å². The Balaban J connectivity index is 3.15. The van der Waals surface area contributed by atoms with Gasteiger partial charge in [-0.2, -0.15) is 0 Å². The molecule has 0 N–H and O–H groups in total. The number of hydrogen-bond acceptors (Lipinski definition) is 1. The average Bonchev–Trinajstić information content (AvgIpc) is 2.01. The van der Waals surface area contributed by atoms with Gasteiger partial charge in [-0.15, -0.1) is 0 Å². The number of carbonyl (C=O) groups excluding carboxylic acids is 1. The first-order valence-corrected chi connectivity index (χ1v) is 5.69. The zero-order valence-electron chi connectivity index (χ0n) is 6.53. The molecule has 0 amide bonds. The maximum atomic E-state index is 11.5. The summed E-state index contributed by atoms with van der Waals surface area (Å²) < 4.78 is -1.22. The van der Waals surface area contributed by atoms with E-state index in [0.717, 1.165) is 4.47 Å². The number of carbonyl (C=O) groups is 1. The summed E-state index contributed by atoms with van der Waals surface area (Å²) in [7, 11) is 0. The van der Waals surface area contributed by atoms with Gasteiger partial charge in [-0.1, -0.05) is 62.3 Å². The van der Waals surface area contributed by atoms with E-state index in [-0.39, 0.29) is 10.6 Å². The van der Waals surface area contributed by atoms with Gasteiger partial charge in [0, 0.05) is 10.0 Å². The molecule has 1 rings (SSSR count). The number of ketones is 1. The summed E-state index contributed by atoms with van der Waals surface area (Å²) in [5.74, 6) is -0.639. The molecule has 0 aromatic heterocycles. The van der Waals surface area contributed by atoms with Crippen LogP contribution in [0, 0.1) is 0 Å². The Hall–Kier alpha value is 0.530. The monoisotopic (exact) mass is 334 g/mol. The van der Waals surface area contributed by atoms with E-state index < -0.39 is 9.58 Å². The van der Waals surface area contributed by atoms with Crippen molar-refractivity contribution in [3.05, 3.63) is 33.3 Å². The molecule has 0 spiro atoms. The largest absolute Gasteiger partial charge is 0.289 e. The van der Waals surface area contributed by atoms with Crippen LogP contribution in [0.4, 0.5) is 0 Å². The molecule has 0 aliphatic heterocycles. The third-order valence-corrected chi connectivity index (χ3v) is 2.75. The first kappa shape index (κ1) is 12.6. The van der Waals surface area contributed by atoms with E-state index in [9.17, 15) is 4.79 Å². The van der Waals surface area contributed by atoms with Crippen molar-refractivity contribution in [3.63, 3.8) is 0 Å². The molecular weight excluding hydrogens is 334 g/mol. The number of benzene rings is 1. The van der Waals surface area contributed by atoms with Crippen molar-refractivity contribution in [1.29, 1.82) is 0 Å². The molecule has 6 heteroatoms. The zero-order valence-corrected chi connectivity index (χ0v) is 11.1. The van der Waals surface area contributed by atoms with Gasteiger partial charge in [0.1, 0.15) is 0 Å². The van der Waals surface area contributed by atoms with Gasteiger partial charge in [-0.3, -0.25) is 4.79 Å². The van der Waals surface area contributed by atoms with Crippen molar-refractivity contribution >= 4 is 68.1 Å². The predicted molar refractivity (Wildman–Crippen MR) is 63.8 cm³/mol. The van der Waals surface area contributed by atoms with Gasteiger partial charge in [0.05, 0.1) is 5.02 Å². The number of hydrogen-bond donors (Lipinski definition) is 0. The van der Waals surface area contributed by atoms with Crippen molar-refractivity contribution in [2.75, 3.05) is 0 Å². The fraction of sp³-hybridized carbons (Fsp3) is 0.125. The highest BCUT2D eigenvalue weighted by molar-refractivity contribution is 9.10. The summed E-state index contributed by atoms with van der Waals surface area (Å²) in [6.07, 6.45) is 0. The molecule has 0 heterocycles. The van der Waals surface area contributed by atoms with Crippen molar-refractivity contribution in [3.8, 4) is 0 Å². The van der Waals surface area contributed by atoms with Crippen LogP contribution in [0.25, 0.3) is 0 Å². The summed E-state index contributed by atoms with van der Waals surface area (Å²) in [6, 6.07) is 4.71. The molecule has 1 aromatic carbocycles. The Morgan fingerprint density at radius 2 is 1.86 bits per heavy atom. The fourth-order valence-corrected chi connectivity index (χ4v) is 1.89. The Morgan fingerprint density at radius 1 is 1.29 bits per heavy atom. The number of rotatable bonds is 1. The molecule has 0 fully saturated rings. The first-order chi connectivity index (χ1) is 6.32. The molecule has 0 saturated heterocycles. The molecular formula is C8H3BrCl4O. The number of halogens is 5. The minimum absolute atomic E-state index is 0.190. The lowest BCUT2D eigenvalue weighted by Crippen LogP contribution is -2.19. The molecule has 0 atom stereocenters. The minimum Gasteiger partial charge on any atom is -0.289 e. The molecule has 1 aromatic rings. The van der Waals surface area contributed by atoms with Crippen molar-refractivity contribution in [2.24, 2.45) is 0 Å². The summed E-state index contributed by atoms with van der Waals surface area (Å²) in [5.41, 5.74) is 0.190. The maximum Gasteiger partial charge on any atom is 0.253 e. The van der Waals surface area contributed by atoms with Crippen molar-refractivity contribution in [2.45, 2.75) is 3.79 Å². The minimum atomic E-state index is -1.97. The second kappa shape index (κ2) is 4.58. The van der Waals surface area contributed by atoms with Gasteiger partial charge in [-0.25, -0.2) is 0 Å². The van der Waals surface area contributed by atoms with Crippen LogP contribution in [0.3, 0.4) is 0 Å². The van der Waals surface area contributed by atoms with E-state index in [0.29, 0.717) is 0 Å². The normalized spacial score (nSPS) is 11.5. The molecule has 0 aliphatic carbocycles. The maximum absolute atomic E-state index is 11.5. The van der Waals surface area contributed by atoms with Crippen LogP contribution in [0.5, 0.6) is 0 Å². The van der Waals surface area contributed by atoms with Crippen LogP contribution in [0.2, 0.25) is 5.02 Å². The third kappa shape index (κ3) is 3.01. The highest BCUT2D eigenvalue weighted by Gasteiger charge is 2.32. The average molecular weight is 337 g/mol. The molecule has 1 nitrogen and oxygen atoms in total. The van der Waals surface area contributed by atoms with Gasteiger partial charge < -0.3 is 0 Å². The fourth-order valence-electron chi connectivity index (χ4n) is 0.826. The van der Waals surface area contributed by atoms with E-state index in [2.05, 4.69) is 15.9 Å². The zero-order chi connectivity index (χ0) is 10.9. The topological polar surface area (TPSA) is 17.1 Å². The summed E-state index contributed by atoms with van der Waals surface area (Å²) in [4.78, 5) is 11.5. The van der Waals surface area contributed by atoms with Gasteiger partial charge in [0.25, 0.3) is 3.79 Å². The van der Waals surface area contributed by atoms with Crippen LogP contribution >= 0.6 is 62.3 Å². The third-order valence-electron chi connectivity index (χ3n) is 1.43. The summed E-state index contributed by atoms with van der Waals surface area (Å²) >= 11 is 25.3. The van der Waals surface area contributed by atoms with Crippen LogP contribution in [0.1, 0.15) is 10.4 Å². The molecule has 76 valence electrons. The van der Waals surface area contributed by atoms with Crippen LogP contribution in [-0.4, -0.2) is 9.58 Å². The first-order valence-electron chi connectivity index (χ1n) is 3.39. The van der Waals surface area contributed by atoms with Crippen LogP contribution in [0.15, 0.2) is 22.7 Å². The van der Waals surface area contributed by atoms with E-state index in [1.54, 1.807) is 12.1 Å². The Kier molecular flexibility index (Phi) is 4.12. The SMILES string of the molecule is O=C(c1ccc(Br)cc1Cl)C(Cl)(Cl)Cl. The lowest BCUT2D eigenvalue weighted by molar-refractivity contribution is 0.0996. The van der Waals surface area contributed by atoms with Crippen LogP contribution in [-0.2, 0) is 0 Å². The van der Waals surface area contributed by atoms with E-state index >= 15 is 0 Å². The Labute approximate surface area is 109 Å². The standard InChI is InChI=1S/C8H3BrCl4O/c9-4-1-2-5(6(10)3-4)7(14)8(11,12)13/h1-3H. The predicted octanol–water partition coefficient (Wildman–Crippen LogP) is 4.66. The van der Waals surface area contributed by atoms with Gasteiger partial charge in [-0.05, 0) is 18.2 Å². The lowest BCUT2D eigenvalue weighted by atomic mass is 10.1. The summed E-state index contributed by atoms with van der Waals surface area (Å²) in [6.45, 7) is 0. The van der Waals surface area contributed by atoms with Gasteiger partial charge in [0.2, 0.25) is 5.78 Å². The molecule has 0 bridgehead atoms. The second-order valence-electron chi connectivity index (χ2n) is 2.45. The number of Topliss-reactive ketones (excluding diaryl/α,β-unsaturated/α-hetero) is 1. The summed E-state index contributed by atoms with van der Waals surface area (Å²) in [5, 5.41) is 0.246. The van der Waals surface area contributed by atoms with E-state index in [1.807, 2.05) is 0 Å². The highest BCUT2D eigenvalue weighted by atomic mass is 79.9. The molecule has 0 saturated carbocycles. The smallest absolute Gasteiger partial charge is 0.253 e. The second-order valence-corrected chi connectivity index (χ2v) is 6.06. The highest BCUT2D eigenvalue weighted by Crippen LogP contribution is 2.33. The van der Waals surface area contributed by atoms with E-state index in [1.165, 1.54) is 6.07 Å². The van der Waals surface area contributed by atoms with Crippen molar-refractivity contribution in [1.82, 2.24) is 0 Å². The lowest BCUT2D eigenvalue weighted by Gasteiger charge is -2.10. The van der Waals surface area contributed by atoms with E-state index in [4.69, 9.17) is 46.4 Å². The van der Waals surface area contributed by atoms with Gasteiger partial charge in [0.15, 0.2) is 0 Å². The van der Waals surface area contributed by atoms with Gasteiger partial charge >= 0.3 is 0 Å². The molecule has 14 heavy (non-hydrogen) atoms.